The number of amides is 2. The van der Waals surface area contributed by atoms with Crippen LogP contribution in [0.4, 0.5) is 13.2 Å². The number of rotatable bonds is 1. The molecule has 102 valence electrons. The maximum Gasteiger partial charge on any atom is 0.416 e. The number of alkyl halides is 3. The topological polar surface area (TPSA) is 37.4 Å². The number of likely N-dealkylation sites (N-methyl/N-ethyl adjacent to an activating group) is 1. The van der Waals surface area contributed by atoms with Crippen LogP contribution in [0.3, 0.4) is 0 Å². The number of nitrogens with zero attached hydrogens (tertiary/aromatic N) is 1. The van der Waals surface area contributed by atoms with Crippen molar-refractivity contribution in [2.45, 2.75) is 18.5 Å². The lowest BCUT2D eigenvalue weighted by Crippen LogP contribution is -2.26. The molecule has 1 unspecified atom stereocenters. The van der Waals surface area contributed by atoms with Crippen molar-refractivity contribution >= 4 is 23.4 Å². The standard InChI is InChI=1S/C12H9ClF3NO2/c1-17-10(18)5-8(11(17)19)7-3-2-6(13)4-9(7)12(14,15)16/h2-4,8H,5H2,1H3. The zero-order valence-electron chi connectivity index (χ0n) is 9.79. The lowest BCUT2D eigenvalue weighted by atomic mass is 9.92. The van der Waals surface area contributed by atoms with E-state index in [1.807, 2.05) is 0 Å². The second kappa shape index (κ2) is 4.52. The lowest BCUT2D eigenvalue weighted by Gasteiger charge is -2.16. The summed E-state index contributed by atoms with van der Waals surface area (Å²) in [7, 11) is 1.26. The van der Waals surface area contributed by atoms with Crippen molar-refractivity contribution in [3.8, 4) is 0 Å². The van der Waals surface area contributed by atoms with Crippen molar-refractivity contribution in [1.29, 1.82) is 0 Å². The van der Waals surface area contributed by atoms with Crippen molar-refractivity contribution in [2.75, 3.05) is 7.05 Å². The quantitative estimate of drug-likeness (QED) is 0.746. The van der Waals surface area contributed by atoms with Gasteiger partial charge >= 0.3 is 6.18 Å². The first-order valence-corrected chi connectivity index (χ1v) is 5.76. The molecule has 0 N–H and O–H groups in total. The summed E-state index contributed by atoms with van der Waals surface area (Å²) in [4.78, 5) is 24.0. The van der Waals surface area contributed by atoms with Crippen LogP contribution in [0.25, 0.3) is 0 Å². The van der Waals surface area contributed by atoms with Crippen LogP contribution < -0.4 is 0 Å². The van der Waals surface area contributed by atoms with Crippen LogP contribution in [0.1, 0.15) is 23.5 Å². The number of benzene rings is 1. The summed E-state index contributed by atoms with van der Waals surface area (Å²) in [6, 6.07) is 3.20. The summed E-state index contributed by atoms with van der Waals surface area (Å²) in [5.41, 5.74) is -1.18. The number of carbonyl (C=O) groups is 2. The average molecular weight is 292 g/mol. The molecule has 0 aromatic heterocycles. The summed E-state index contributed by atoms with van der Waals surface area (Å²) < 4.78 is 38.8. The molecule has 0 radical (unpaired) electrons. The van der Waals surface area contributed by atoms with Crippen LogP contribution in [0.5, 0.6) is 0 Å². The fourth-order valence-corrected chi connectivity index (χ4v) is 2.25. The molecule has 2 amide bonds. The largest absolute Gasteiger partial charge is 0.416 e. The Morgan fingerprint density at radius 3 is 2.42 bits per heavy atom. The van der Waals surface area contributed by atoms with Gasteiger partial charge in [-0.3, -0.25) is 14.5 Å². The molecule has 1 heterocycles. The Balaban J connectivity index is 2.52. The molecule has 1 aromatic rings. The highest BCUT2D eigenvalue weighted by molar-refractivity contribution is 6.30. The van der Waals surface area contributed by atoms with Crippen LogP contribution in [-0.2, 0) is 15.8 Å². The van der Waals surface area contributed by atoms with Gasteiger partial charge in [-0.2, -0.15) is 13.2 Å². The van der Waals surface area contributed by atoms with Crippen LogP contribution in [0, 0.1) is 0 Å². The van der Waals surface area contributed by atoms with Gasteiger partial charge in [-0.05, 0) is 17.7 Å². The first-order valence-electron chi connectivity index (χ1n) is 5.39. The van der Waals surface area contributed by atoms with Gasteiger partial charge in [0.15, 0.2) is 0 Å². The molecule has 19 heavy (non-hydrogen) atoms. The summed E-state index contributed by atoms with van der Waals surface area (Å²) in [6.45, 7) is 0. The molecular formula is C12H9ClF3NO2. The molecule has 0 saturated carbocycles. The number of imide groups is 1. The Hall–Kier alpha value is -1.56. The molecule has 1 aromatic carbocycles. The van der Waals surface area contributed by atoms with Gasteiger partial charge in [-0.25, -0.2) is 0 Å². The Morgan fingerprint density at radius 1 is 1.32 bits per heavy atom. The third kappa shape index (κ3) is 2.45. The van der Waals surface area contributed by atoms with E-state index in [1.54, 1.807) is 0 Å². The van der Waals surface area contributed by atoms with E-state index in [2.05, 4.69) is 0 Å². The van der Waals surface area contributed by atoms with Gasteiger partial charge in [-0.15, -0.1) is 0 Å². The molecule has 1 fully saturated rings. The number of hydrogen-bond donors (Lipinski definition) is 0. The van der Waals surface area contributed by atoms with Crippen molar-refractivity contribution in [3.05, 3.63) is 34.3 Å². The van der Waals surface area contributed by atoms with Crippen molar-refractivity contribution < 1.29 is 22.8 Å². The second-order valence-corrected chi connectivity index (χ2v) is 4.71. The molecule has 0 aliphatic carbocycles. The third-order valence-electron chi connectivity index (χ3n) is 3.08. The van der Waals surface area contributed by atoms with Crippen LogP contribution >= 0.6 is 11.6 Å². The maximum absolute atomic E-state index is 12.9. The molecule has 1 aliphatic rings. The first kappa shape index (κ1) is 13.9. The smallest absolute Gasteiger partial charge is 0.285 e. The average Bonchev–Trinajstić information content (AvgIpc) is 2.56. The van der Waals surface area contributed by atoms with Crippen molar-refractivity contribution in [3.63, 3.8) is 0 Å². The highest BCUT2D eigenvalue weighted by atomic mass is 35.5. The molecule has 0 spiro atoms. The summed E-state index contributed by atoms with van der Waals surface area (Å²) in [5, 5.41) is -0.0683. The van der Waals surface area contributed by atoms with E-state index in [0.717, 1.165) is 17.0 Å². The van der Waals surface area contributed by atoms with Gasteiger partial charge < -0.3 is 0 Å². The van der Waals surface area contributed by atoms with E-state index in [1.165, 1.54) is 13.1 Å². The zero-order valence-corrected chi connectivity index (χ0v) is 10.5. The Morgan fingerprint density at radius 2 is 1.95 bits per heavy atom. The van der Waals surface area contributed by atoms with Crippen LogP contribution in [0.15, 0.2) is 18.2 Å². The van der Waals surface area contributed by atoms with Gasteiger partial charge in [-0.1, -0.05) is 17.7 Å². The summed E-state index contributed by atoms with van der Waals surface area (Å²) in [6.07, 6.45) is -4.87. The summed E-state index contributed by atoms with van der Waals surface area (Å²) >= 11 is 5.56. The van der Waals surface area contributed by atoms with Crippen molar-refractivity contribution in [2.24, 2.45) is 0 Å². The SMILES string of the molecule is CN1C(=O)CC(c2ccc(Cl)cc2C(F)(F)F)C1=O. The fraction of sp³-hybridized carbons (Fsp3) is 0.333. The molecule has 2 rings (SSSR count). The molecular weight excluding hydrogens is 283 g/mol. The minimum Gasteiger partial charge on any atom is -0.285 e. The molecule has 1 aliphatic heterocycles. The number of carbonyl (C=O) groups excluding carboxylic acids is 2. The van der Waals surface area contributed by atoms with Gasteiger partial charge in [0.1, 0.15) is 0 Å². The molecule has 7 heteroatoms. The number of likely N-dealkylation sites (tertiary alicyclic amines) is 1. The molecule has 1 saturated heterocycles. The van der Waals surface area contributed by atoms with Crippen molar-refractivity contribution in [1.82, 2.24) is 4.90 Å². The van der Waals surface area contributed by atoms with E-state index in [0.29, 0.717) is 0 Å². The van der Waals surface area contributed by atoms with E-state index in [4.69, 9.17) is 11.6 Å². The normalized spacial score (nSPS) is 20.3. The third-order valence-corrected chi connectivity index (χ3v) is 3.31. The van der Waals surface area contributed by atoms with Crippen LogP contribution in [0.2, 0.25) is 5.02 Å². The minimum atomic E-state index is -4.62. The fourth-order valence-electron chi connectivity index (χ4n) is 2.08. The Kier molecular flexibility index (Phi) is 3.30. The van der Waals surface area contributed by atoms with E-state index >= 15 is 0 Å². The van der Waals surface area contributed by atoms with E-state index in [-0.39, 0.29) is 17.0 Å². The maximum atomic E-state index is 12.9. The van der Waals surface area contributed by atoms with Gasteiger partial charge in [0.25, 0.3) is 0 Å². The molecule has 1 atom stereocenters. The molecule has 3 nitrogen and oxygen atoms in total. The Bertz CT molecular complexity index is 556. The second-order valence-electron chi connectivity index (χ2n) is 4.28. The van der Waals surface area contributed by atoms with Gasteiger partial charge in [0.05, 0.1) is 11.5 Å². The van der Waals surface area contributed by atoms with E-state index < -0.39 is 29.5 Å². The highest BCUT2D eigenvalue weighted by Crippen LogP contribution is 2.40. The monoisotopic (exact) mass is 291 g/mol. The predicted octanol–water partition coefficient (Wildman–Crippen LogP) is 2.83. The lowest BCUT2D eigenvalue weighted by molar-refractivity contribution is -0.138. The van der Waals surface area contributed by atoms with Gasteiger partial charge in [0.2, 0.25) is 11.8 Å². The summed E-state index contributed by atoms with van der Waals surface area (Å²) in [5.74, 6) is -2.21. The first-order chi connectivity index (χ1) is 8.71. The number of halogens is 4. The van der Waals surface area contributed by atoms with Gasteiger partial charge in [0, 0.05) is 18.5 Å². The number of hydrogen-bond acceptors (Lipinski definition) is 2. The molecule has 0 bridgehead atoms. The highest BCUT2D eigenvalue weighted by Gasteiger charge is 2.42. The Labute approximate surface area is 111 Å². The van der Waals surface area contributed by atoms with E-state index in [9.17, 15) is 22.8 Å². The predicted molar refractivity (Wildman–Crippen MR) is 61.6 cm³/mol. The zero-order chi connectivity index (χ0) is 14.4. The van der Waals surface area contributed by atoms with Crippen LogP contribution in [-0.4, -0.2) is 23.8 Å². The minimum absolute atomic E-state index is 0.0683.